The molecule has 20 heavy (non-hydrogen) atoms. The monoisotopic (exact) mass is 310 g/mol. The Morgan fingerprint density at radius 3 is 1.95 bits per heavy atom. The van der Waals surface area contributed by atoms with E-state index in [-0.39, 0.29) is 11.8 Å². The molecule has 0 radical (unpaired) electrons. The average molecular weight is 310 g/mol. The molecule has 5 rings (SSSR count). The fraction of sp³-hybridized carbons (Fsp3) is 1.00. The lowest BCUT2D eigenvalue weighted by Gasteiger charge is -2.58. The number of hydrogen-bond donors (Lipinski definition) is 1. The fourth-order valence-electron chi connectivity index (χ4n) is 5.36. The molecule has 1 heterocycles. The molecule has 0 aromatic rings. The Labute approximate surface area is 117 Å². The highest BCUT2D eigenvalue weighted by Gasteiger charge is 2.73. The maximum Gasteiger partial charge on any atom is 0.444 e. The Balaban J connectivity index is 1.73. The first-order valence-electron chi connectivity index (χ1n) is 7.15. The third kappa shape index (κ3) is 1.52. The van der Waals surface area contributed by atoms with Gasteiger partial charge in [-0.1, -0.05) is 0 Å². The molecule has 0 unspecified atom stereocenters. The van der Waals surface area contributed by atoms with E-state index in [1.807, 2.05) is 0 Å². The minimum Gasteiger partial charge on any atom is -0.358 e. The molecule has 1 spiro atoms. The predicted octanol–water partition coefficient (Wildman–Crippen LogP) is 2.52. The van der Waals surface area contributed by atoms with E-state index in [2.05, 4.69) is 4.18 Å². The summed E-state index contributed by atoms with van der Waals surface area (Å²) in [7, 11) is 0. The highest BCUT2D eigenvalue weighted by molar-refractivity contribution is 7.82. The fourth-order valence-corrected chi connectivity index (χ4v) is 7.16. The molecule has 5 aliphatic rings. The zero-order valence-electron chi connectivity index (χ0n) is 10.9. The summed E-state index contributed by atoms with van der Waals surface area (Å²) in [5, 5.41) is 9.81. The van der Waals surface area contributed by atoms with Crippen molar-refractivity contribution < 1.29 is 26.7 Å². The van der Waals surface area contributed by atoms with Gasteiger partial charge in [-0.2, -0.15) is 13.2 Å². The van der Waals surface area contributed by atoms with Crippen LogP contribution in [-0.2, 0) is 15.3 Å². The summed E-state index contributed by atoms with van der Waals surface area (Å²) in [6.45, 7) is 0. The minimum atomic E-state index is -4.89. The first-order valence-corrected chi connectivity index (χ1v) is 8.22. The summed E-state index contributed by atoms with van der Waals surface area (Å²) in [6.07, 6.45) is -0.899. The number of rotatable bonds is 0. The van der Waals surface area contributed by atoms with Crippen LogP contribution in [0.5, 0.6) is 0 Å². The molecule has 3 nitrogen and oxygen atoms in total. The summed E-state index contributed by atoms with van der Waals surface area (Å²) in [5.74, 6) is -2.07. The highest BCUT2D eigenvalue weighted by Crippen LogP contribution is 2.65. The topological polar surface area (TPSA) is 46.5 Å². The van der Waals surface area contributed by atoms with Gasteiger partial charge in [0.15, 0.2) is 11.1 Å². The SMILES string of the molecule is O=[S@]1O[C@](O)(C(F)(F)F)CC12C1CC3CC(C1)CC2C3. The van der Waals surface area contributed by atoms with Crippen molar-refractivity contribution in [2.24, 2.45) is 23.7 Å². The summed E-state index contributed by atoms with van der Waals surface area (Å²) >= 11 is -2.06. The first-order chi connectivity index (χ1) is 9.24. The van der Waals surface area contributed by atoms with Gasteiger partial charge in [0, 0.05) is 6.42 Å². The molecule has 1 N–H and O–H groups in total. The molecule has 4 bridgehead atoms. The smallest absolute Gasteiger partial charge is 0.358 e. The number of alkyl halides is 3. The van der Waals surface area contributed by atoms with E-state index >= 15 is 0 Å². The number of aliphatic hydroxyl groups is 1. The zero-order chi connectivity index (χ0) is 14.3. The predicted molar refractivity (Wildman–Crippen MR) is 64.6 cm³/mol. The van der Waals surface area contributed by atoms with Crippen LogP contribution in [0.4, 0.5) is 13.2 Å². The van der Waals surface area contributed by atoms with Crippen molar-refractivity contribution in [2.75, 3.05) is 0 Å². The third-order valence-corrected chi connectivity index (χ3v) is 7.86. The second kappa shape index (κ2) is 3.79. The molecule has 0 aromatic heterocycles. The van der Waals surface area contributed by atoms with Crippen molar-refractivity contribution in [1.29, 1.82) is 0 Å². The Hall–Kier alpha value is -0.140. The normalized spacial score (nSPS) is 57.7. The largest absolute Gasteiger partial charge is 0.444 e. The van der Waals surface area contributed by atoms with Gasteiger partial charge in [0.05, 0.1) is 4.75 Å². The van der Waals surface area contributed by atoms with Crippen molar-refractivity contribution in [3.05, 3.63) is 0 Å². The molecule has 4 aliphatic carbocycles. The number of hydrogen-bond acceptors (Lipinski definition) is 3. The van der Waals surface area contributed by atoms with Gasteiger partial charge in [0.2, 0.25) is 0 Å². The van der Waals surface area contributed by atoms with Gasteiger partial charge >= 0.3 is 6.18 Å². The van der Waals surface area contributed by atoms with E-state index < -0.39 is 34.2 Å². The minimum absolute atomic E-state index is 0.0101. The Kier molecular flexibility index (Phi) is 2.56. The summed E-state index contributed by atoms with van der Waals surface area (Å²) in [4.78, 5) is 0. The van der Waals surface area contributed by atoms with E-state index in [9.17, 15) is 22.5 Å². The second-order valence-electron chi connectivity index (χ2n) is 7.04. The van der Waals surface area contributed by atoms with Crippen LogP contribution >= 0.6 is 0 Å². The van der Waals surface area contributed by atoms with Crippen LogP contribution in [-0.4, -0.2) is 26.0 Å². The van der Waals surface area contributed by atoms with E-state index in [1.54, 1.807) is 0 Å². The molecule has 7 heteroatoms. The maximum atomic E-state index is 13.0. The van der Waals surface area contributed by atoms with Crippen LogP contribution in [0.3, 0.4) is 0 Å². The molecule has 4 saturated carbocycles. The lowest BCUT2D eigenvalue weighted by Crippen LogP contribution is -2.59. The Bertz CT molecular complexity index is 450. The quantitative estimate of drug-likeness (QED) is 0.748. The summed E-state index contributed by atoms with van der Waals surface area (Å²) in [6, 6.07) is 0. The van der Waals surface area contributed by atoms with Crippen molar-refractivity contribution in [2.45, 2.75) is 55.2 Å². The van der Waals surface area contributed by atoms with Gasteiger partial charge in [0.25, 0.3) is 5.79 Å². The third-order valence-electron chi connectivity index (χ3n) is 6.00. The van der Waals surface area contributed by atoms with Gasteiger partial charge in [-0.25, -0.2) is 8.39 Å². The van der Waals surface area contributed by atoms with Crippen LogP contribution in [0.15, 0.2) is 0 Å². The van der Waals surface area contributed by atoms with Crippen LogP contribution in [0.2, 0.25) is 0 Å². The van der Waals surface area contributed by atoms with Crippen molar-refractivity contribution >= 4 is 11.1 Å². The van der Waals surface area contributed by atoms with E-state index in [1.165, 1.54) is 6.42 Å². The van der Waals surface area contributed by atoms with Gasteiger partial charge in [0.1, 0.15) is 0 Å². The maximum absolute atomic E-state index is 13.0. The summed E-state index contributed by atoms with van der Waals surface area (Å²) in [5.41, 5.74) is 0. The Morgan fingerprint density at radius 2 is 1.55 bits per heavy atom. The molecular formula is C13H17F3O3S. The molecule has 2 atom stereocenters. The molecule has 0 aromatic carbocycles. The van der Waals surface area contributed by atoms with Gasteiger partial charge in [-0.15, -0.1) is 0 Å². The van der Waals surface area contributed by atoms with E-state index in [0.29, 0.717) is 11.8 Å². The first kappa shape index (κ1) is 13.5. The van der Waals surface area contributed by atoms with Crippen LogP contribution in [0, 0.1) is 23.7 Å². The average Bonchev–Trinajstić information content (AvgIpc) is 2.59. The van der Waals surface area contributed by atoms with Crippen LogP contribution < -0.4 is 0 Å². The van der Waals surface area contributed by atoms with E-state index in [4.69, 9.17) is 0 Å². The van der Waals surface area contributed by atoms with E-state index in [0.717, 1.165) is 25.7 Å². The molecular weight excluding hydrogens is 293 g/mol. The molecule has 1 aliphatic heterocycles. The van der Waals surface area contributed by atoms with Crippen molar-refractivity contribution in [3.8, 4) is 0 Å². The van der Waals surface area contributed by atoms with Crippen molar-refractivity contribution in [1.82, 2.24) is 0 Å². The number of halogens is 3. The standard InChI is InChI=1S/C13H17F3O3S/c14-13(15,16)12(17)6-11(20(18)19-12)9-2-7-1-8(4-9)5-10(11)3-7/h7-10,17H,1-6H2/t7?,8?,9?,10?,11?,12-,20-/m0/s1. The van der Waals surface area contributed by atoms with Gasteiger partial charge < -0.3 is 5.11 Å². The zero-order valence-corrected chi connectivity index (χ0v) is 11.7. The summed E-state index contributed by atoms with van der Waals surface area (Å²) < 4.78 is 55.0. The Morgan fingerprint density at radius 1 is 1.05 bits per heavy atom. The molecule has 0 amide bonds. The molecule has 114 valence electrons. The van der Waals surface area contributed by atoms with Gasteiger partial charge in [-0.05, 0) is 55.8 Å². The second-order valence-corrected chi connectivity index (χ2v) is 8.43. The van der Waals surface area contributed by atoms with Crippen LogP contribution in [0.1, 0.15) is 38.5 Å². The lowest BCUT2D eigenvalue weighted by atomic mass is 9.50. The lowest BCUT2D eigenvalue weighted by molar-refractivity contribution is -0.331. The highest BCUT2D eigenvalue weighted by atomic mass is 32.2. The van der Waals surface area contributed by atoms with Crippen LogP contribution in [0.25, 0.3) is 0 Å². The van der Waals surface area contributed by atoms with Crippen molar-refractivity contribution in [3.63, 3.8) is 0 Å². The van der Waals surface area contributed by atoms with Gasteiger partial charge in [-0.3, -0.25) is 0 Å². The molecule has 1 saturated heterocycles. The molecule has 5 fully saturated rings.